The Morgan fingerprint density at radius 1 is 1.30 bits per heavy atom. The SMILES string of the molecule is CNCCCNC(=O)c1cccc(OCC(C)C)c1.Cl. The van der Waals surface area contributed by atoms with Gasteiger partial charge in [-0.1, -0.05) is 19.9 Å². The molecular formula is C15H25ClN2O2. The van der Waals surface area contributed by atoms with Crippen LogP contribution in [-0.4, -0.2) is 32.7 Å². The number of rotatable bonds is 8. The van der Waals surface area contributed by atoms with Crippen molar-refractivity contribution in [1.29, 1.82) is 0 Å². The van der Waals surface area contributed by atoms with E-state index >= 15 is 0 Å². The molecule has 114 valence electrons. The molecule has 0 aliphatic carbocycles. The molecule has 1 aromatic rings. The summed E-state index contributed by atoms with van der Waals surface area (Å²) in [5, 5.41) is 5.94. The van der Waals surface area contributed by atoms with Crippen LogP contribution in [0.25, 0.3) is 0 Å². The number of hydrogen-bond donors (Lipinski definition) is 2. The highest BCUT2D eigenvalue weighted by Crippen LogP contribution is 2.14. The zero-order valence-corrected chi connectivity index (χ0v) is 13.3. The first-order valence-corrected chi connectivity index (χ1v) is 6.79. The summed E-state index contributed by atoms with van der Waals surface area (Å²) in [5.41, 5.74) is 0.644. The molecule has 5 heteroatoms. The summed E-state index contributed by atoms with van der Waals surface area (Å²) in [6.45, 7) is 6.43. The van der Waals surface area contributed by atoms with E-state index in [0.29, 0.717) is 24.6 Å². The third-order valence-corrected chi connectivity index (χ3v) is 2.57. The molecule has 0 aliphatic rings. The lowest BCUT2D eigenvalue weighted by Crippen LogP contribution is -2.26. The molecule has 0 unspecified atom stereocenters. The van der Waals surface area contributed by atoms with Crippen molar-refractivity contribution in [1.82, 2.24) is 10.6 Å². The Morgan fingerprint density at radius 2 is 2.05 bits per heavy atom. The Morgan fingerprint density at radius 3 is 2.70 bits per heavy atom. The van der Waals surface area contributed by atoms with Gasteiger partial charge in [-0.15, -0.1) is 12.4 Å². The number of ether oxygens (including phenoxy) is 1. The van der Waals surface area contributed by atoms with E-state index in [1.165, 1.54) is 0 Å². The van der Waals surface area contributed by atoms with E-state index in [-0.39, 0.29) is 18.3 Å². The minimum atomic E-state index is -0.0499. The molecule has 4 nitrogen and oxygen atoms in total. The van der Waals surface area contributed by atoms with Crippen molar-refractivity contribution < 1.29 is 9.53 Å². The second kappa shape index (κ2) is 10.5. The Hall–Kier alpha value is -1.26. The maximum absolute atomic E-state index is 11.9. The molecular weight excluding hydrogens is 276 g/mol. The standard InChI is InChI=1S/C15H24N2O2.ClH/c1-12(2)11-19-14-7-4-6-13(10-14)15(18)17-9-5-8-16-3;/h4,6-7,10,12,16H,5,8-9,11H2,1-3H3,(H,17,18);1H. The molecule has 0 atom stereocenters. The summed E-state index contributed by atoms with van der Waals surface area (Å²) >= 11 is 0. The fraction of sp³-hybridized carbons (Fsp3) is 0.533. The summed E-state index contributed by atoms with van der Waals surface area (Å²) in [7, 11) is 1.90. The molecule has 0 saturated heterocycles. The highest BCUT2D eigenvalue weighted by molar-refractivity contribution is 5.94. The van der Waals surface area contributed by atoms with Gasteiger partial charge in [-0.25, -0.2) is 0 Å². The van der Waals surface area contributed by atoms with Crippen molar-refractivity contribution in [2.45, 2.75) is 20.3 Å². The maximum atomic E-state index is 11.9. The molecule has 1 rings (SSSR count). The average Bonchev–Trinajstić information content (AvgIpc) is 2.41. The van der Waals surface area contributed by atoms with Crippen LogP contribution in [0.15, 0.2) is 24.3 Å². The second-order valence-corrected chi connectivity index (χ2v) is 4.95. The van der Waals surface area contributed by atoms with Crippen LogP contribution in [-0.2, 0) is 0 Å². The van der Waals surface area contributed by atoms with Crippen LogP contribution in [0, 0.1) is 5.92 Å². The van der Waals surface area contributed by atoms with E-state index in [1.54, 1.807) is 12.1 Å². The zero-order chi connectivity index (χ0) is 14.1. The average molecular weight is 301 g/mol. The van der Waals surface area contributed by atoms with E-state index in [9.17, 15) is 4.79 Å². The number of hydrogen-bond acceptors (Lipinski definition) is 3. The quantitative estimate of drug-likeness (QED) is 0.725. The Kier molecular flexibility index (Phi) is 9.86. The lowest BCUT2D eigenvalue weighted by molar-refractivity contribution is 0.0953. The summed E-state index contributed by atoms with van der Waals surface area (Å²) < 4.78 is 5.61. The third-order valence-electron chi connectivity index (χ3n) is 2.57. The molecule has 0 saturated carbocycles. The summed E-state index contributed by atoms with van der Waals surface area (Å²) in [5.74, 6) is 1.17. The molecule has 20 heavy (non-hydrogen) atoms. The van der Waals surface area contributed by atoms with Crippen LogP contribution in [0.1, 0.15) is 30.6 Å². The molecule has 0 spiro atoms. The lowest BCUT2D eigenvalue weighted by Gasteiger charge is -2.10. The number of carbonyl (C=O) groups is 1. The maximum Gasteiger partial charge on any atom is 0.251 e. The molecule has 0 aliphatic heterocycles. The van der Waals surface area contributed by atoms with E-state index < -0.39 is 0 Å². The number of nitrogens with one attached hydrogen (secondary N) is 2. The lowest BCUT2D eigenvalue weighted by atomic mass is 10.2. The minimum Gasteiger partial charge on any atom is -0.493 e. The molecule has 2 N–H and O–H groups in total. The van der Waals surface area contributed by atoms with Crippen LogP contribution >= 0.6 is 12.4 Å². The zero-order valence-electron chi connectivity index (χ0n) is 12.4. The highest BCUT2D eigenvalue weighted by atomic mass is 35.5. The van der Waals surface area contributed by atoms with Crippen LogP contribution in [0.2, 0.25) is 0 Å². The van der Waals surface area contributed by atoms with Gasteiger partial charge in [0, 0.05) is 12.1 Å². The van der Waals surface area contributed by atoms with Crippen molar-refractivity contribution in [2.24, 2.45) is 5.92 Å². The molecule has 1 aromatic carbocycles. The number of amides is 1. The van der Waals surface area contributed by atoms with Crippen molar-refractivity contribution in [2.75, 3.05) is 26.7 Å². The van der Waals surface area contributed by atoms with E-state index in [0.717, 1.165) is 18.7 Å². The van der Waals surface area contributed by atoms with E-state index in [1.807, 2.05) is 19.2 Å². The second-order valence-electron chi connectivity index (χ2n) is 4.95. The van der Waals surface area contributed by atoms with Gasteiger partial charge in [0.1, 0.15) is 5.75 Å². The van der Waals surface area contributed by atoms with Gasteiger partial charge in [0.15, 0.2) is 0 Å². The van der Waals surface area contributed by atoms with Gasteiger partial charge in [-0.3, -0.25) is 4.79 Å². The molecule has 1 amide bonds. The van der Waals surface area contributed by atoms with Gasteiger partial charge in [0.25, 0.3) is 5.91 Å². The number of carbonyl (C=O) groups excluding carboxylic acids is 1. The van der Waals surface area contributed by atoms with Gasteiger partial charge < -0.3 is 15.4 Å². The first-order chi connectivity index (χ1) is 9.13. The van der Waals surface area contributed by atoms with Gasteiger partial charge >= 0.3 is 0 Å². The van der Waals surface area contributed by atoms with Crippen LogP contribution < -0.4 is 15.4 Å². The van der Waals surface area contributed by atoms with Gasteiger partial charge in [0.2, 0.25) is 0 Å². The van der Waals surface area contributed by atoms with Crippen molar-refractivity contribution in [3.8, 4) is 5.75 Å². The summed E-state index contributed by atoms with van der Waals surface area (Å²) in [6.07, 6.45) is 0.922. The topological polar surface area (TPSA) is 50.4 Å². The summed E-state index contributed by atoms with van der Waals surface area (Å²) in [6, 6.07) is 7.31. The number of benzene rings is 1. The predicted molar refractivity (Wildman–Crippen MR) is 84.9 cm³/mol. The number of halogens is 1. The highest BCUT2D eigenvalue weighted by Gasteiger charge is 2.06. The van der Waals surface area contributed by atoms with Gasteiger partial charge in [-0.05, 0) is 44.1 Å². The largest absolute Gasteiger partial charge is 0.493 e. The fourth-order valence-electron chi connectivity index (χ4n) is 1.56. The fourth-order valence-corrected chi connectivity index (χ4v) is 1.56. The Bertz CT molecular complexity index is 397. The molecule has 0 heterocycles. The van der Waals surface area contributed by atoms with Crippen LogP contribution in [0.5, 0.6) is 5.75 Å². The van der Waals surface area contributed by atoms with Crippen molar-refractivity contribution in [3.63, 3.8) is 0 Å². The van der Waals surface area contributed by atoms with E-state index in [2.05, 4.69) is 24.5 Å². The molecule has 0 bridgehead atoms. The summed E-state index contributed by atoms with van der Waals surface area (Å²) in [4.78, 5) is 11.9. The first kappa shape index (κ1) is 18.7. The van der Waals surface area contributed by atoms with Gasteiger partial charge in [0.05, 0.1) is 6.61 Å². The third kappa shape index (κ3) is 7.36. The van der Waals surface area contributed by atoms with Crippen molar-refractivity contribution >= 4 is 18.3 Å². The predicted octanol–water partition coefficient (Wildman–Crippen LogP) is 2.48. The first-order valence-electron chi connectivity index (χ1n) is 6.79. The van der Waals surface area contributed by atoms with Crippen LogP contribution in [0.4, 0.5) is 0 Å². The van der Waals surface area contributed by atoms with Gasteiger partial charge in [-0.2, -0.15) is 0 Å². The van der Waals surface area contributed by atoms with E-state index in [4.69, 9.17) is 4.74 Å². The Balaban J connectivity index is 0.00000361. The Labute approximate surface area is 127 Å². The normalized spacial score (nSPS) is 10.0. The smallest absolute Gasteiger partial charge is 0.251 e. The molecule has 0 fully saturated rings. The van der Waals surface area contributed by atoms with Crippen molar-refractivity contribution in [3.05, 3.63) is 29.8 Å². The monoisotopic (exact) mass is 300 g/mol. The minimum absolute atomic E-state index is 0. The van der Waals surface area contributed by atoms with Crippen LogP contribution in [0.3, 0.4) is 0 Å². The molecule has 0 radical (unpaired) electrons. The molecule has 0 aromatic heterocycles.